The van der Waals surface area contributed by atoms with Crippen LogP contribution in [0.1, 0.15) is 21.9 Å². The van der Waals surface area contributed by atoms with E-state index in [4.69, 9.17) is 9.15 Å². The standard InChI is InChI=1S/C16H20N2O5S/c1-22-12-14-7-8-15(23-14)16(19)17-9-10-24(20,21)18-11-13-5-3-2-4-6-13/h2-8,18H,9-12H2,1H3,(H,17,19). The third-order valence-electron chi connectivity index (χ3n) is 3.17. The van der Waals surface area contributed by atoms with Crippen LogP contribution in [0.5, 0.6) is 0 Å². The van der Waals surface area contributed by atoms with Crippen LogP contribution in [0.15, 0.2) is 46.9 Å². The highest BCUT2D eigenvalue weighted by atomic mass is 32.2. The summed E-state index contributed by atoms with van der Waals surface area (Å²) in [5, 5.41) is 2.52. The Bertz CT molecular complexity index is 756. The summed E-state index contributed by atoms with van der Waals surface area (Å²) < 4.78 is 36.5. The number of amides is 1. The van der Waals surface area contributed by atoms with Gasteiger partial charge in [0.25, 0.3) is 5.91 Å². The van der Waals surface area contributed by atoms with E-state index in [-0.39, 0.29) is 31.2 Å². The van der Waals surface area contributed by atoms with Crippen LogP contribution in [0.4, 0.5) is 0 Å². The van der Waals surface area contributed by atoms with E-state index in [1.54, 1.807) is 6.07 Å². The minimum absolute atomic E-state index is 0.0106. The number of carbonyl (C=O) groups is 1. The Morgan fingerprint density at radius 2 is 1.92 bits per heavy atom. The molecule has 0 saturated carbocycles. The highest BCUT2D eigenvalue weighted by Crippen LogP contribution is 2.08. The average Bonchev–Trinajstić information content (AvgIpc) is 3.03. The maximum Gasteiger partial charge on any atom is 0.287 e. The van der Waals surface area contributed by atoms with E-state index in [0.29, 0.717) is 5.76 Å². The first kappa shape index (κ1) is 18.2. The van der Waals surface area contributed by atoms with E-state index in [1.807, 2.05) is 30.3 Å². The van der Waals surface area contributed by atoms with Crippen LogP contribution >= 0.6 is 0 Å². The summed E-state index contributed by atoms with van der Waals surface area (Å²) >= 11 is 0. The van der Waals surface area contributed by atoms with E-state index in [9.17, 15) is 13.2 Å². The third kappa shape index (κ3) is 5.80. The SMILES string of the molecule is COCc1ccc(C(=O)NCCS(=O)(=O)NCc2ccccc2)o1. The van der Waals surface area contributed by atoms with E-state index >= 15 is 0 Å². The average molecular weight is 352 g/mol. The zero-order valence-electron chi connectivity index (χ0n) is 13.3. The van der Waals surface area contributed by atoms with Crippen molar-refractivity contribution in [2.24, 2.45) is 0 Å². The summed E-state index contributed by atoms with van der Waals surface area (Å²) in [5.74, 6) is -0.0240. The van der Waals surface area contributed by atoms with Gasteiger partial charge in [-0.3, -0.25) is 4.79 Å². The van der Waals surface area contributed by atoms with Crippen molar-refractivity contribution < 1.29 is 22.4 Å². The molecule has 0 bridgehead atoms. The van der Waals surface area contributed by atoms with Crippen LogP contribution < -0.4 is 10.0 Å². The first-order valence-corrected chi connectivity index (χ1v) is 9.02. The van der Waals surface area contributed by atoms with Crippen LogP contribution in [0, 0.1) is 0 Å². The Hall–Kier alpha value is -2.16. The molecular formula is C16H20N2O5S. The van der Waals surface area contributed by atoms with Gasteiger partial charge in [0.1, 0.15) is 12.4 Å². The molecule has 1 amide bonds. The summed E-state index contributed by atoms with van der Waals surface area (Å²) in [6.45, 7) is 0.476. The second-order valence-electron chi connectivity index (χ2n) is 5.08. The number of furan rings is 1. The molecule has 0 unspecified atom stereocenters. The lowest BCUT2D eigenvalue weighted by atomic mass is 10.2. The Labute approximate surface area is 141 Å². The Balaban J connectivity index is 1.76. The molecule has 1 aromatic heterocycles. The minimum Gasteiger partial charge on any atom is -0.453 e. The number of nitrogens with one attached hydrogen (secondary N) is 2. The molecule has 24 heavy (non-hydrogen) atoms. The van der Waals surface area contributed by atoms with E-state index in [1.165, 1.54) is 13.2 Å². The Kier molecular flexibility index (Phi) is 6.53. The highest BCUT2D eigenvalue weighted by molar-refractivity contribution is 7.89. The maximum absolute atomic E-state index is 11.9. The zero-order chi connectivity index (χ0) is 17.4. The lowest BCUT2D eigenvalue weighted by Gasteiger charge is -2.07. The van der Waals surface area contributed by atoms with Gasteiger partial charge in [-0.1, -0.05) is 30.3 Å². The van der Waals surface area contributed by atoms with E-state index in [0.717, 1.165) is 5.56 Å². The van der Waals surface area contributed by atoms with Gasteiger partial charge in [0.05, 0.1) is 5.75 Å². The molecule has 0 spiro atoms. The van der Waals surface area contributed by atoms with Crippen molar-refractivity contribution in [3.05, 3.63) is 59.5 Å². The molecule has 0 aliphatic rings. The van der Waals surface area contributed by atoms with Crippen molar-refractivity contribution in [1.82, 2.24) is 10.0 Å². The van der Waals surface area contributed by atoms with E-state index in [2.05, 4.69) is 10.0 Å². The minimum atomic E-state index is -3.48. The van der Waals surface area contributed by atoms with Gasteiger partial charge in [-0.15, -0.1) is 0 Å². The molecule has 2 N–H and O–H groups in total. The lowest BCUT2D eigenvalue weighted by Crippen LogP contribution is -2.34. The molecule has 2 rings (SSSR count). The number of sulfonamides is 1. The molecule has 2 aromatic rings. The van der Waals surface area contributed by atoms with Crippen LogP contribution in [0.3, 0.4) is 0 Å². The van der Waals surface area contributed by atoms with Gasteiger partial charge in [-0.25, -0.2) is 13.1 Å². The second kappa shape index (κ2) is 8.62. The number of rotatable bonds is 9. The molecule has 0 aliphatic heterocycles. The number of benzene rings is 1. The quantitative estimate of drug-likeness (QED) is 0.708. The van der Waals surface area contributed by atoms with Crippen molar-refractivity contribution in [2.45, 2.75) is 13.2 Å². The molecule has 7 nitrogen and oxygen atoms in total. The molecule has 8 heteroatoms. The van der Waals surface area contributed by atoms with Crippen LogP contribution in [-0.4, -0.2) is 33.7 Å². The van der Waals surface area contributed by atoms with Crippen LogP contribution in [0.25, 0.3) is 0 Å². The monoisotopic (exact) mass is 352 g/mol. The fourth-order valence-electron chi connectivity index (χ4n) is 1.97. The summed E-state index contributed by atoms with van der Waals surface area (Å²) in [6.07, 6.45) is 0. The fraction of sp³-hybridized carbons (Fsp3) is 0.312. The van der Waals surface area contributed by atoms with E-state index < -0.39 is 15.9 Å². The number of ether oxygens (including phenoxy) is 1. The number of hydrogen-bond donors (Lipinski definition) is 2. The summed E-state index contributed by atoms with van der Waals surface area (Å²) in [4.78, 5) is 11.9. The fourth-order valence-corrected chi connectivity index (χ4v) is 2.87. The van der Waals surface area contributed by atoms with Crippen molar-refractivity contribution in [2.75, 3.05) is 19.4 Å². The van der Waals surface area contributed by atoms with Crippen molar-refractivity contribution in [3.63, 3.8) is 0 Å². The summed E-state index contributed by atoms with van der Waals surface area (Å²) in [7, 11) is -1.95. The van der Waals surface area contributed by atoms with Gasteiger partial charge < -0.3 is 14.5 Å². The molecule has 130 valence electrons. The second-order valence-corrected chi connectivity index (χ2v) is 7.01. The predicted octanol–water partition coefficient (Wildman–Crippen LogP) is 1.28. The molecular weight excluding hydrogens is 332 g/mol. The maximum atomic E-state index is 11.9. The van der Waals surface area contributed by atoms with Gasteiger partial charge in [0, 0.05) is 20.2 Å². The molecule has 0 saturated heterocycles. The van der Waals surface area contributed by atoms with Crippen molar-refractivity contribution in [1.29, 1.82) is 0 Å². The molecule has 1 aromatic carbocycles. The zero-order valence-corrected chi connectivity index (χ0v) is 14.1. The van der Waals surface area contributed by atoms with Gasteiger partial charge >= 0.3 is 0 Å². The number of hydrogen-bond acceptors (Lipinski definition) is 5. The van der Waals surface area contributed by atoms with Crippen LogP contribution in [0.2, 0.25) is 0 Å². The Morgan fingerprint density at radius 1 is 1.17 bits per heavy atom. The van der Waals surface area contributed by atoms with Gasteiger partial charge in [-0.2, -0.15) is 0 Å². The number of carbonyl (C=O) groups excluding carboxylic acids is 1. The van der Waals surface area contributed by atoms with Crippen molar-refractivity contribution in [3.8, 4) is 0 Å². The summed E-state index contributed by atoms with van der Waals surface area (Å²) in [6, 6.07) is 12.4. The predicted molar refractivity (Wildman–Crippen MR) is 88.8 cm³/mol. The summed E-state index contributed by atoms with van der Waals surface area (Å²) in [5.41, 5.74) is 0.867. The smallest absolute Gasteiger partial charge is 0.287 e. The molecule has 1 heterocycles. The lowest BCUT2D eigenvalue weighted by molar-refractivity contribution is 0.0919. The first-order chi connectivity index (χ1) is 11.5. The first-order valence-electron chi connectivity index (χ1n) is 7.37. The van der Waals surface area contributed by atoms with Gasteiger partial charge in [-0.05, 0) is 17.7 Å². The molecule has 0 fully saturated rings. The molecule has 0 radical (unpaired) electrons. The number of methoxy groups -OCH3 is 1. The molecule has 0 aliphatic carbocycles. The highest BCUT2D eigenvalue weighted by Gasteiger charge is 2.14. The van der Waals surface area contributed by atoms with Gasteiger partial charge in [0.15, 0.2) is 5.76 Å². The largest absolute Gasteiger partial charge is 0.453 e. The van der Waals surface area contributed by atoms with Crippen LogP contribution in [-0.2, 0) is 27.9 Å². The van der Waals surface area contributed by atoms with Gasteiger partial charge in [0.2, 0.25) is 10.0 Å². The van der Waals surface area contributed by atoms with Crippen molar-refractivity contribution >= 4 is 15.9 Å². The molecule has 0 atom stereocenters. The Morgan fingerprint density at radius 3 is 2.62 bits per heavy atom. The third-order valence-corrected chi connectivity index (χ3v) is 4.49. The normalized spacial score (nSPS) is 11.4. The topological polar surface area (TPSA) is 97.6 Å².